The molecule has 0 spiro atoms. The monoisotopic (exact) mass is 377 g/mol. The van der Waals surface area contributed by atoms with Crippen LogP contribution in [0.2, 0.25) is 0 Å². The van der Waals surface area contributed by atoms with Gasteiger partial charge in [0.15, 0.2) is 5.78 Å². The van der Waals surface area contributed by atoms with Crippen molar-refractivity contribution >= 4 is 17.4 Å². The number of hydrogen-bond donors (Lipinski definition) is 2. The first-order chi connectivity index (χ1) is 13.6. The third-order valence-corrected chi connectivity index (χ3v) is 5.13. The van der Waals surface area contributed by atoms with Gasteiger partial charge in [-0.1, -0.05) is 18.2 Å². The molecule has 2 N–H and O–H groups in total. The SMILES string of the molecule is CC1=C(C(=O)Nc2ccccc2F)C(c2ccccn2)C2=C(CCCC2=O)N1. The van der Waals surface area contributed by atoms with Crippen LogP contribution in [0.1, 0.15) is 37.8 Å². The average Bonchev–Trinajstić information content (AvgIpc) is 2.69. The number of amides is 1. The van der Waals surface area contributed by atoms with Crippen LogP contribution in [0, 0.1) is 5.82 Å². The highest BCUT2D eigenvalue weighted by molar-refractivity contribution is 6.09. The van der Waals surface area contributed by atoms with Crippen LogP contribution in [0.25, 0.3) is 0 Å². The lowest BCUT2D eigenvalue weighted by Crippen LogP contribution is -2.35. The fourth-order valence-corrected chi connectivity index (χ4v) is 3.88. The van der Waals surface area contributed by atoms with Gasteiger partial charge in [0.1, 0.15) is 5.82 Å². The molecule has 0 saturated carbocycles. The number of pyridine rings is 1. The van der Waals surface area contributed by atoms with Crippen LogP contribution in [0.4, 0.5) is 10.1 Å². The number of ketones is 1. The second-order valence-electron chi connectivity index (χ2n) is 6.95. The average molecular weight is 377 g/mol. The summed E-state index contributed by atoms with van der Waals surface area (Å²) in [6.07, 6.45) is 3.63. The van der Waals surface area contributed by atoms with Crippen molar-refractivity contribution < 1.29 is 14.0 Å². The van der Waals surface area contributed by atoms with E-state index in [-0.39, 0.29) is 11.5 Å². The lowest BCUT2D eigenvalue weighted by molar-refractivity contribution is -0.116. The largest absolute Gasteiger partial charge is 0.362 e. The van der Waals surface area contributed by atoms with E-state index in [1.165, 1.54) is 12.1 Å². The molecule has 6 heteroatoms. The van der Waals surface area contributed by atoms with Crippen molar-refractivity contribution in [2.75, 3.05) is 5.32 Å². The second-order valence-corrected chi connectivity index (χ2v) is 6.95. The number of para-hydroxylation sites is 1. The predicted molar refractivity (Wildman–Crippen MR) is 104 cm³/mol. The Morgan fingerprint density at radius 3 is 2.71 bits per heavy atom. The zero-order valence-corrected chi connectivity index (χ0v) is 15.5. The van der Waals surface area contributed by atoms with Crippen molar-refractivity contribution in [3.8, 4) is 0 Å². The Labute approximate surface area is 162 Å². The maximum atomic E-state index is 14.0. The Balaban J connectivity index is 1.79. The minimum Gasteiger partial charge on any atom is -0.362 e. The van der Waals surface area contributed by atoms with Crippen molar-refractivity contribution in [2.24, 2.45) is 0 Å². The molecule has 28 heavy (non-hydrogen) atoms. The third-order valence-electron chi connectivity index (χ3n) is 5.13. The Morgan fingerprint density at radius 2 is 1.96 bits per heavy atom. The number of allylic oxidation sites excluding steroid dienone is 3. The fourth-order valence-electron chi connectivity index (χ4n) is 3.88. The summed E-state index contributed by atoms with van der Waals surface area (Å²) in [6, 6.07) is 11.4. The van der Waals surface area contributed by atoms with E-state index in [1.807, 2.05) is 12.1 Å². The van der Waals surface area contributed by atoms with Gasteiger partial charge in [-0.25, -0.2) is 4.39 Å². The van der Waals surface area contributed by atoms with E-state index < -0.39 is 17.6 Å². The van der Waals surface area contributed by atoms with E-state index in [4.69, 9.17) is 0 Å². The molecule has 1 aromatic carbocycles. The molecule has 2 aromatic rings. The van der Waals surface area contributed by atoms with Gasteiger partial charge >= 0.3 is 0 Å². The van der Waals surface area contributed by atoms with Crippen LogP contribution in [-0.4, -0.2) is 16.7 Å². The first kappa shape index (κ1) is 18.1. The number of rotatable bonds is 3. The Kier molecular flexibility index (Phi) is 4.77. The number of halogens is 1. The summed E-state index contributed by atoms with van der Waals surface area (Å²) in [6.45, 7) is 1.80. The minimum atomic E-state index is -0.572. The summed E-state index contributed by atoms with van der Waals surface area (Å²) in [4.78, 5) is 30.3. The van der Waals surface area contributed by atoms with Crippen molar-refractivity contribution in [1.82, 2.24) is 10.3 Å². The number of benzene rings is 1. The molecule has 1 amide bonds. The van der Waals surface area contributed by atoms with Gasteiger partial charge in [0.05, 0.1) is 17.3 Å². The normalized spacial score (nSPS) is 19.2. The lowest BCUT2D eigenvalue weighted by atomic mass is 9.76. The standard InChI is InChI=1S/C22H20FN3O2/c1-13-19(22(28)26-15-8-3-2-7-14(15)23)21(16-9-4-5-12-24-16)20-17(25-13)10-6-11-18(20)27/h2-5,7-9,12,21,25H,6,10-11H2,1H3,(H,26,28). The van der Waals surface area contributed by atoms with E-state index >= 15 is 0 Å². The number of hydrogen-bond acceptors (Lipinski definition) is 4. The van der Waals surface area contributed by atoms with E-state index in [2.05, 4.69) is 15.6 Å². The zero-order chi connectivity index (χ0) is 19.7. The van der Waals surface area contributed by atoms with Gasteiger partial charge in [-0.15, -0.1) is 0 Å². The van der Waals surface area contributed by atoms with E-state index in [0.29, 0.717) is 29.0 Å². The van der Waals surface area contributed by atoms with Crippen molar-refractivity contribution in [1.29, 1.82) is 0 Å². The van der Waals surface area contributed by atoms with Crippen LogP contribution < -0.4 is 10.6 Å². The van der Waals surface area contributed by atoms with Gasteiger partial charge in [0.25, 0.3) is 5.91 Å². The summed E-state index contributed by atoms with van der Waals surface area (Å²) < 4.78 is 14.0. The van der Waals surface area contributed by atoms with Crippen LogP contribution in [0.5, 0.6) is 0 Å². The Morgan fingerprint density at radius 1 is 1.18 bits per heavy atom. The summed E-state index contributed by atoms with van der Waals surface area (Å²) in [5.41, 5.74) is 3.21. The van der Waals surface area contributed by atoms with Gasteiger partial charge in [-0.3, -0.25) is 14.6 Å². The molecule has 0 saturated heterocycles. The second kappa shape index (κ2) is 7.38. The molecule has 0 bridgehead atoms. The van der Waals surface area contributed by atoms with Crippen LogP contribution >= 0.6 is 0 Å². The lowest BCUT2D eigenvalue weighted by Gasteiger charge is -2.34. The molecule has 142 valence electrons. The first-order valence-electron chi connectivity index (χ1n) is 9.27. The molecule has 5 nitrogen and oxygen atoms in total. The number of anilines is 1. The first-order valence-corrected chi connectivity index (χ1v) is 9.27. The highest BCUT2D eigenvalue weighted by atomic mass is 19.1. The van der Waals surface area contributed by atoms with Gasteiger partial charge < -0.3 is 10.6 Å². The van der Waals surface area contributed by atoms with Crippen molar-refractivity contribution in [3.05, 3.63) is 82.7 Å². The molecule has 1 atom stereocenters. The van der Waals surface area contributed by atoms with Crippen molar-refractivity contribution in [2.45, 2.75) is 32.1 Å². The minimum absolute atomic E-state index is 0.0214. The van der Waals surface area contributed by atoms with Crippen LogP contribution in [0.15, 0.2) is 71.2 Å². The molecular formula is C22H20FN3O2. The number of nitrogens with one attached hydrogen (secondary N) is 2. The molecule has 4 rings (SSSR count). The Hall–Kier alpha value is -3.28. The van der Waals surface area contributed by atoms with Gasteiger partial charge in [0, 0.05) is 35.2 Å². The molecule has 2 aliphatic rings. The number of nitrogens with zero attached hydrogens (tertiary/aromatic N) is 1. The molecule has 0 fully saturated rings. The predicted octanol–water partition coefficient (Wildman–Crippen LogP) is 3.83. The van der Waals surface area contributed by atoms with E-state index in [0.717, 1.165) is 18.5 Å². The maximum absolute atomic E-state index is 14.0. The number of Topliss-reactive ketones (excluding diaryl/α,β-unsaturated/α-hetero) is 1. The quantitative estimate of drug-likeness (QED) is 0.853. The Bertz CT molecular complexity index is 1010. The smallest absolute Gasteiger partial charge is 0.254 e. The third kappa shape index (κ3) is 3.22. The summed E-state index contributed by atoms with van der Waals surface area (Å²) in [5.74, 6) is -1.51. The number of dihydropyridines is 1. The molecule has 0 radical (unpaired) electrons. The molecule has 1 unspecified atom stereocenters. The molecule has 1 aromatic heterocycles. The molecule has 1 aliphatic heterocycles. The van der Waals surface area contributed by atoms with E-state index in [1.54, 1.807) is 31.3 Å². The van der Waals surface area contributed by atoms with Crippen LogP contribution in [-0.2, 0) is 9.59 Å². The topological polar surface area (TPSA) is 71.1 Å². The summed E-state index contributed by atoms with van der Waals surface area (Å²) in [7, 11) is 0. The highest BCUT2D eigenvalue weighted by Gasteiger charge is 2.39. The summed E-state index contributed by atoms with van der Waals surface area (Å²) >= 11 is 0. The number of carbonyl (C=O) groups is 2. The van der Waals surface area contributed by atoms with Crippen LogP contribution in [0.3, 0.4) is 0 Å². The number of aromatic nitrogens is 1. The zero-order valence-electron chi connectivity index (χ0n) is 15.5. The molecule has 2 heterocycles. The van der Waals surface area contributed by atoms with Crippen molar-refractivity contribution in [3.63, 3.8) is 0 Å². The van der Waals surface area contributed by atoms with Gasteiger partial charge in [-0.05, 0) is 44.0 Å². The van der Waals surface area contributed by atoms with E-state index in [9.17, 15) is 14.0 Å². The fraction of sp³-hybridized carbons (Fsp3) is 0.227. The molecular weight excluding hydrogens is 357 g/mol. The summed E-state index contributed by atoms with van der Waals surface area (Å²) in [5, 5.41) is 5.88. The van der Waals surface area contributed by atoms with Gasteiger partial charge in [0.2, 0.25) is 0 Å². The van der Waals surface area contributed by atoms with Gasteiger partial charge in [-0.2, -0.15) is 0 Å². The maximum Gasteiger partial charge on any atom is 0.254 e. The number of carbonyl (C=O) groups excluding carboxylic acids is 2. The highest BCUT2D eigenvalue weighted by Crippen LogP contribution is 2.41. The molecule has 1 aliphatic carbocycles.